The summed E-state index contributed by atoms with van der Waals surface area (Å²) >= 11 is 0. The van der Waals surface area contributed by atoms with Gasteiger partial charge in [0.05, 0.1) is 26.9 Å². The summed E-state index contributed by atoms with van der Waals surface area (Å²) in [6.07, 6.45) is 0. The monoisotopic (exact) mass is 510 g/mol. The Kier molecular flexibility index (Phi) is 6.70. The molecule has 0 saturated heterocycles. The van der Waals surface area contributed by atoms with Gasteiger partial charge in [-0.2, -0.15) is 8.42 Å². The van der Waals surface area contributed by atoms with Crippen molar-refractivity contribution in [3.63, 3.8) is 0 Å². The van der Waals surface area contributed by atoms with Gasteiger partial charge in [0, 0.05) is 0 Å². The molecule has 10 nitrogen and oxygen atoms in total. The van der Waals surface area contributed by atoms with Crippen molar-refractivity contribution in [2.45, 2.75) is 23.6 Å². The van der Waals surface area contributed by atoms with Gasteiger partial charge in [0.2, 0.25) is 0 Å². The van der Waals surface area contributed by atoms with Crippen LogP contribution in [0.4, 0.5) is 17.1 Å². The van der Waals surface area contributed by atoms with Crippen LogP contribution in [0.15, 0.2) is 76.5 Å². The lowest BCUT2D eigenvalue weighted by atomic mass is 10.2. The van der Waals surface area contributed by atoms with Crippen LogP contribution in [0.5, 0.6) is 0 Å². The highest BCUT2D eigenvalue weighted by Gasteiger charge is 2.21. The first-order valence-corrected chi connectivity index (χ1v) is 13.9. The van der Waals surface area contributed by atoms with Crippen molar-refractivity contribution < 1.29 is 25.3 Å². The van der Waals surface area contributed by atoms with E-state index >= 15 is 0 Å². The number of hydrogen-bond donors (Lipinski definition) is 4. The zero-order valence-electron chi connectivity index (χ0n) is 17.6. The Morgan fingerprint density at radius 3 is 1.42 bits per heavy atom. The molecule has 0 saturated carbocycles. The highest BCUT2D eigenvalue weighted by molar-refractivity contribution is 7.93. The molecule has 0 aliphatic rings. The maximum atomic E-state index is 12.9. The van der Waals surface area contributed by atoms with Gasteiger partial charge in [0.15, 0.2) is 0 Å². The van der Waals surface area contributed by atoms with Crippen molar-refractivity contribution in [1.29, 1.82) is 0 Å². The number of nitrogens with one attached hydrogen (secondary N) is 3. The molecule has 0 unspecified atom stereocenters. The third kappa shape index (κ3) is 6.44. The lowest BCUT2D eigenvalue weighted by Crippen LogP contribution is -2.22. The van der Waals surface area contributed by atoms with E-state index in [1.807, 2.05) is 4.72 Å². The number of aryl methyl sites for hydroxylation is 2. The van der Waals surface area contributed by atoms with Crippen molar-refractivity contribution in [3.8, 4) is 0 Å². The Labute approximate surface area is 193 Å². The summed E-state index contributed by atoms with van der Waals surface area (Å²) in [5.74, 6) is 0. The summed E-state index contributed by atoms with van der Waals surface area (Å²) in [5.41, 5.74) is 1.31. The van der Waals surface area contributed by atoms with Crippen molar-refractivity contribution in [3.05, 3.63) is 77.9 Å². The average molecular weight is 511 g/mol. The molecule has 0 amide bonds. The molecule has 0 fully saturated rings. The summed E-state index contributed by atoms with van der Waals surface area (Å²) in [6, 6.07) is 15.6. The zero-order valence-corrected chi connectivity index (χ0v) is 20.1. The number of nitrogens with two attached hydrogens (primary N) is 1. The van der Waals surface area contributed by atoms with Gasteiger partial charge in [-0.25, -0.2) is 22.0 Å². The largest absolute Gasteiger partial charge is 0.296 e. The fraction of sp³-hybridized carbons (Fsp3) is 0.100. The van der Waals surface area contributed by atoms with E-state index in [4.69, 9.17) is 5.14 Å². The second kappa shape index (κ2) is 9.02. The molecule has 0 spiro atoms. The van der Waals surface area contributed by atoms with E-state index in [1.54, 1.807) is 38.1 Å². The molecular weight excluding hydrogens is 488 g/mol. The summed E-state index contributed by atoms with van der Waals surface area (Å²) < 4.78 is 80.9. The molecule has 3 aromatic rings. The van der Waals surface area contributed by atoms with E-state index in [-0.39, 0.29) is 26.9 Å². The van der Waals surface area contributed by atoms with E-state index < -0.39 is 30.3 Å². The molecule has 0 bridgehead atoms. The van der Waals surface area contributed by atoms with Crippen LogP contribution in [0, 0.1) is 13.8 Å². The Hall–Kier alpha value is -3.13. The first-order chi connectivity index (χ1) is 15.2. The second-order valence-electron chi connectivity index (χ2n) is 7.24. The molecule has 176 valence electrons. The smallest absolute Gasteiger partial charge is 0.277 e. The highest BCUT2D eigenvalue weighted by Crippen LogP contribution is 2.30. The predicted octanol–water partition coefficient (Wildman–Crippen LogP) is 2.52. The van der Waals surface area contributed by atoms with Crippen LogP contribution in [0.3, 0.4) is 0 Å². The van der Waals surface area contributed by atoms with Crippen LogP contribution in [0.25, 0.3) is 0 Å². The first kappa shape index (κ1) is 24.5. The van der Waals surface area contributed by atoms with Crippen molar-refractivity contribution in [1.82, 2.24) is 0 Å². The average Bonchev–Trinajstić information content (AvgIpc) is 2.69. The number of sulfonamides is 2. The molecule has 0 aromatic heterocycles. The number of rotatable bonds is 8. The third-order valence-corrected chi connectivity index (χ3v) is 7.71. The minimum absolute atomic E-state index is 0.0350. The van der Waals surface area contributed by atoms with E-state index in [2.05, 4.69) is 9.44 Å². The molecule has 0 aliphatic carbocycles. The van der Waals surface area contributed by atoms with E-state index in [0.717, 1.165) is 17.2 Å². The molecule has 3 rings (SSSR count). The molecule has 3 aromatic carbocycles. The molecule has 0 atom stereocenters. The Balaban J connectivity index is 2.04. The van der Waals surface area contributed by atoms with E-state index in [0.29, 0.717) is 0 Å². The maximum Gasteiger partial charge on any atom is 0.296 e. The van der Waals surface area contributed by atoms with Crippen molar-refractivity contribution in [2.24, 2.45) is 5.14 Å². The van der Waals surface area contributed by atoms with Gasteiger partial charge in [-0.1, -0.05) is 35.4 Å². The van der Waals surface area contributed by atoms with Gasteiger partial charge in [-0.05, 0) is 56.3 Å². The topological polar surface area (TPSA) is 165 Å². The SMILES string of the molecule is Cc1ccc(S(=O)(=O)Nc2ccc(NS(N)(=O)=O)cc2NS(=O)(=O)c2ccc(C)cc2)cc1. The molecule has 0 radical (unpaired) electrons. The van der Waals surface area contributed by atoms with Crippen molar-refractivity contribution in [2.75, 3.05) is 14.2 Å². The molecule has 13 heteroatoms. The zero-order chi connectivity index (χ0) is 24.4. The predicted molar refractivity (Wildman–Crippen MR) is 127 cm³/mol. The second-order valence-corrected chi connectivity index (χ2v) is 11.9. The third-order valence-electron chi connectivity index (χ3n) is 4.43. The number of benzene rings is 3. The molecule has 33 heavy (non-hydrogen) atoms. The summed E-state index contributed by atoms with van der Waals surface area (Å²) in [4.78, 5) is -0.0996. The fourth-order valence-corrected chi connectivity index (χ4v) is 5.39. The van der Waals surface area contributed by atoms with Gasteiger partial charge in [0.25, 0.3) is 30.3 Å². The number of hydrogen-bond acceptors (Lipinski definition) is 6. The standard InChI is InChI=1S/C20H22N4O6S3/c1-14-3-8-17(9-4-14)31(25,26)23-19-12-7-16(22-33(21,29)30)13-20(19)24-32(27,28)18-10-5-15(2)6-11-18/h3-13,22-24H,1-2H3,(H2,21,29,30). The quantitative estimate of drug-likeness (QED) is 0.364. The molecule has 0 heterocycles. The van der Waals surface area contributed by atoms with Crippen LogP contribution < -0.4 is 19.3 Å². The molecular formula is C20H22N4O6S3. The Bertz CT molecular complexity index is 1480. The minimum atomic E-state index is -4.16. The van der Waals surface area contributed by atoms with Gasteiger partial charge in [-0.15, -0.1) is 0 Å². The Morgan fingerprint density at radius 2 is 1.00 bits per heavy atom. The Morgan fingerprint density at radius 1 is 0.576 bits per heavy atom. The lowest BCUT2D eigenvalue weighted by Gasteiger charge is -2.16. The first-order valence-electron chi connectivity index (χ1n) is 9.39. The van der Waals surface area contributed by atoms with E-state index in [1.165, 1.54) is 36.4 Å². The summed E-state index contributed by atoms with van der Waals surface area (Å²) in [6.45, 7) is 3.60. The van der Waals surface area contributed by atoms with Crippen molar-refractivity contribution >= 4 is 47.3 Å². The summed E-state index contributed by atoms with van der Waals surface area (Å²) in [7, 11) is -12.4. The van der Waals surface area contributed by atoms with Crippen LogP contribution in [-0.4, -0.2) is 25.3 Å². The van der Waals surface area contributed by atoms with E-state index in [9.17, 15) is 25.3 Å². The fourth-order valence-electron chi connectivity index (χ4n) is 2.79. The molecule has 0 aliphatic heterocycles. The van der Waals surface area contributed by atoms with Gasteiger partial charge >= 0.3 is 0 Å². The van der Waals surface area contributed by atoms with Crippen LogP contribution >= 0.6 is 0 Å². The van der Waals surface area contributed by atoms with Gasteiger partial charge in [0.1, 0.15) is 0 Å². The number of anilines is 3. The van der Waals surface area contributed by atoms with Gasteiger partial charge < -0.3 is 0 Å². The maximum absolute atomic E-state index is 12.9. The molecule has 5 N–H and O–H groups in total. The normalized spacial score (nSPS) is 12.2. The van der Waals surface area contributed by atoms with Crippen LogP contribution in [0.2, 0.25) is 0 Å². The van der Waals surface area contributed by atoms with Gasteiger partial charge in [-0.3, -0.25) is 14.2 Å². The van der Waals surface area contributed by atoms with Crippen LogP contribution in [0.1, 0.15) is 11.1 Å². The highest BCUT2D eigenvalue weighted by atomic mass is 32.2. The lowest BCUT2D eigenvalue weighted by molar-refractivity contribution is 0.599. The van der Waals surface area contributed by atoms with Crippen LogP contribution in [-0.2, 0) is 30.3 Å². The summed E-state index contributed by atoms with van der Waals surface area (Å²) in [5, 5.41) is 4.99. The minimum Gasteiger partial charge on any atom is -0.277 e.